The normalized spacial score (nSPS) is 15.9. The summed E-state index contributed by atoms with van der Waals surface area (Å²) in [6.45, 7) is 8.44. The summed E-state index contributed by atoms with van der Waals surface area (Å²) in [5.41, 5.74) is 3.33. The Morgan fingerprint density at radius 3 is 2.39 bits per heavy atom. The maximum atomic E-state index is 12.9. The summed E-state index contributed by atoms with van der Waals surface area (Å²) in [6.07, 6.45) is 0. The van der Waals surface area contributed by atoms with Gasteiger partial charge < -0.3 is 10.2 Å². The van der Waals surface area contributed by atoms with E-state index >= 15 is 0 Å². The molecule has 0 aliphatic carbocycles. The Hall–Kier alpha value is -2.37. The topological polar surface area (TPSA) is 52.7 Å². The van der Waals surface area contributed by atoms with Crippen molar-refractivity contribution in [2.75, 3.05) is 31.5 Å². The molecule has 1 fully saturated rings. The maximum absolute atomic E-state index is 12.9. The predicted molar refractivity (Wildman–Crippen MR) is 113 cm³/mol. The second-order valence-corrected chi connectivity index (χ2v) is 7.64. The third-order valence-corrected chi connectivity index (χ3v) is 5.64. The molecule has 1 saturated heterocycles. The molecule has 0 bridgehead atoms. The van der Waals surface area contributed by atoms with Gasteiger partial charge in [-0.25, -0.2) is 0 Å². The number of nitrogens with zero attached hydrogens (tertiary/aromatic N) is 2. The van der Waals surface area contributed by atoms with Gasteiger partial charge >= 0.3 is 0 Å². The van der Waals surface area contributed by atoms with Crippen molar-refractivity contribution in [2.45, 2.75) is 26.8 Å². The van der Waals surface area contributed by atoms with Crippen LogP contribution >= 0.6 is 11.6 Å². The zero-order chi connectivity index (χ0) is 20.3. The smallest absolute Gasteiger partial charge is 0.254 e. The second-order valence-electron chi connectivity index (χ2n) is 7.24. The Morgan fingerprint density at radius 2 is 1.75 bits per heavy atom. The van der Waals surface area contributed by atoms with Gasteiger partial charge in [-0.15, -0.1) is 0 Å². The number of hydrogen-bond acceptors (Lipinski definition) is 3. The second kappa shape index (κ2) is 8.76. The van der Waals surface area contributed by atoms with Crippen molar-refractivity contribution in [3.05, 3.63) is 64.2 Å². The molecular formula is C22H26ClN3O2. The Morgan fingerprint density at radius 1 is 1.07 bits per heavy atom. The van der Waals surface area contributed by atoms with Crippen molar-refractivity contribution in [1.82, 2.24) is 9.80 Å². The zero-order valence-corrected chi connectivity index (χ0v) is 17.3. The summed E-state index contributed by atoms with van der Waals surface area (Å²) in [5, 5.41) is 3.56. The highest BCUT2D eigenvalue weighted by Gasteiger charge is 2.26. The van der Waals surface area contributed by atoms with Gasteiger partial charge in [0.15, 0.2) is 0 Å². The molecule has 2 amide bonds. The standard InChI is InChI=1S/C22H26ClN3O2/c1-15-8-9-18(14-21(15)24-17(3)27)22(28)26-12-10-25(11-13-26)16(2)19-6-4-5-7-20(19)23/h4-9,14,16H,10-13H2,1-3H3,(H,24,27). The molecule has 0 saturated carbocycles. The number of carbonyl (C=O) groups excluding carboxylic acids is 2. The van der Waals surface area contributed by atoms with E-state index in [0.29, 0.717) is 24.3 Å². The first kappa shape index (κ1) is 20.4. The molecule has 1 heterocycles. The van der Waals surface area contributed by atoms with Crippen molar-refractivity contribution in [3.8, 4) is 0 Å². The van der Waals surface area contributed by atoms with Gasteiger partial charge in [-0.1, -0.05) is 35.9 Å². The van der Waals surface area contributed by atoms with Gasteiger partial charge in [-0.3, -0.25) is 14.5 Å². The lowest BCUT2D eigenvalue weighted by molar-refractivity contribution is -0.114. The number of amides is 2. The average molecular weight is 400 g/mol. The molecular weight excluding hydrogens is 374 g/mol. The SMILES string of the molecule is CC(=O)Nc1cc(C(=O)N2CCN(C(C)c3ccccc3Cl)CC2)ccc1C. The molecule has 0 radical (unpaired) electrons. The highest BCUT2D eigenvalue weighted by molar-refractivity contribution is 6.31. The first-order chi connectivity index (χ1) is 13.4. The number of anilines is 1. The van der Waals surface area contributed by atoms with Gasteiger partial charge in [0.05, 0.1) is 0 Å². The number of benzene rings is 2. The fraction of sp³-hybridized carbons (Fsp3) is 0.364. The van der Waals surface area contributed by atoms with Crippen molar-refractivity contribution >= 4 is 29.1 Å². The number of piperazine rings is 1. The summed E-state index contributed by atoms with van der Waals surface area (Å²) in [6, 6.07) is 13.6. The molecule has 5 nitrogen and oxygen atoms in total. The van der Waals surface area contributed by atoms with E-state index in [1.807, 2.05) is 42.2 Å². The molecule has 1 unspecified atom stereocenters. The highest BCUT2D eigenvalue weighted by Crippen LogP contribution is 2.28. The Bertz CT molecular complexity index is 876. The van der Waals surface area contributed by atoms with E-state index in [2.05, 4.69) is 23.2 Å². The van der Waals surface area contributed by atoms with E-state index in [4.69, 9.17) is 11.6 Å². The van der Waals surface area contributed by atoms with Crippen molar-refractivity contribution in [2.24, 2.45) is 0 Å². The van der Waals surface area contributed by atoms with E-state index in [1.54, 1.807) is 6.07 Å². The summed E-state index contributed by atoms with van der Waals surface area (Å²) < 4.78 is 0. The number of aryl methyl sites for hydroxylation is 1. The number of nitrogens with one attached hydrogen (secondary N) is 1. The highest BCUT2D eigenvalue weighted by atomic mass is 35.5. The first-order valence-corrected chi connectivity index (χ1v) is 9.90. The molecule has 1 N–H and O–H groups in total. The minimum absolute atomic E-state index is 0.00310. The lowest BCUT2D eigenvalue weighted by Gasteiger charge is -2.38. The Balaban J connectivity index is 1.65. The molecule has 1 aliphatic heterocycles. The molecule has 6 heteroatoms. The van der Waals surface area contributed by atoms with Gasteiger partial charge in [0, 0.05) is 55.4 Å². The van der Waals surface area contributed by atoms with Crippen LogP contribution in [0.2, 0.25) is 5.02 Å². The van der Waals surface area contributed by atoms with Crippen molar-refractivity contribution < 1.29 is 9.59 Å². The average Bonchev–Trinajstić information content (AvgIpc) is 2.69. The number of hydrogen-bond donors (Lipinski definition) is 1. The third kappa shape index (κ3) is 4.54. The van der Waals surface area contributed by atoms with Crippen LogP contribution < -0.4 is 5.32 Å². The lowest BCUT2D eigenvalue weighted by Crippen LogP contribution is -2.49. The Labute approximate surface area is 171 Å². The predicted octanol–water partition coefficient (Wildman–Crippen LogP) is 4.13. The van der Waals surface area contributed by atoms with E-state index in [1.165, 1.54) is 6.92 Å². The van der Waals surface area contributed by atoms with Crippen LogP contribution in [0.5, 0.6) is 0 Å². The van der Waals surface area contributed by atoms with Crippen LogP contribution in [0.25, 0.3) is 0 Å². The van der Waals surface area contributed by atoms with Crippen molar-refractivity contribution in [1.29, 1.82) is 0 Å². The number of halogens is 1. The molecule has 2 aromatic rings. The molecule has 3 rings (SSSR count). The van der Waals surface area contributed by atoms with Crippen LogP contribution in [-0.2, 0) is 4.79 Å². The van der Waals surface area contributed by atoms with Gasteiger partial charge in [-0.05, 0) is 43.2 Å². The third-order valence-electron chi connectivity index (χ3n) is 5.30. The van der Waals surface area contributed by atoms with Gasteiger partial charge in [0.1, 0.15) is 0 Å². The van der Waals surface area contributed by atoms with Crippen LogP contribution in [0.15, 0.2) is 42.5 Å². The summed E-state index contributed by atoms with van der Waals surface area (Å²) in [7, 11) is 0. The molecule has 2 aromatic carbocycles. The van der Waals surface area contributed by atoms with Crippen molar-refractivity contribution in [3.63, 3.8) is 0 Å². The van der Waals surface area contributed by atoms with E-state index in [0.717, 1.165) is 29.2 Å². The zero-order valence-electron chi connectivity index (χ0n) is 16.5. The van der Waals surface area contributed by atoms with Gasteiger partial charge in [-0.2, -0.15) is 0 Å². The minimum Gasteiger partial charge on any atom is -0.336 e. The molecule has 1 atom stereocenters. The van der Waals surface area contributed by atoms with E-state index in [-0.39, 0.29) is 17.9 Å². The van der Waals surface area contributed by atoms with Gasteiger partial charge in [0.2, 0.25) is 5.91 Å². The van der Waals surface area contributed by atoms with E-state index < -0.39 is 0 Å². The number of rotatable bonds is 4. The largest absolute Gasteiger partial charge is 0.336 e. The maximum Gasteiger partial charge on any atom is 0.254 e. The van der Waals surface area contributed by atoms with Crippen LogP contribution in [-0.4, -0.2) is 47.8 Å². The van der Waals surface area contributed by atoms with Crippen LogP contribution in [0, 0.1) is 6.92 Å². The molecule has 1 aliphatic rings. The lowest BCUT2D eigenvalue weighted by atomic mass is 10.1. The minimum atomic E-state index is -0.144. The van der Waals surface area contributed by atoms with Gasteiger partial charge in [0.25, 0.3) is 5.91 Å². The fourth-order valence-electron chi connectivity index (χ4n) is 3.58. The van der Waals surface area contributed by atoms with E-state index in [9.17, 15) is 9.59 Å². The summed E-state index contributed by atoms with van der Waals surface area (Å²) in [4.78, 5) is 28.5. The van der Waals surface area contributed by atoms with Crippen LogP contribution in [0.3, 0.4) is 0 Å². The Kier molecular flexibility index (Phi) is 6.37. The summed E-state index contributed by atoms with van der Waals surface area (Å²) in [5.74, 6) is -0.147. The fourth-order valence-corrected chi connectivity index (χ4v) is 3.88. The van der Waals surface area contributed by atoms with Crippen LogP contribution in [0.1, 0.15) is 41.4 Å². The van der Waals surface area contributed by atoms with Crippen LogP contribution in [0.4, 0.5) is 5.69 Å². The number of carbonyl (C=O) groups is 2. The quantitative estimate of drug-likeness (QED) is 0.841. The first-order valence-electron chi connectivity index (χ1n) is 9.53. The molecule has 148 valence electrons. The summed E-state index contributed by atoms with van der Waals surface area (Å²) >= 11 is 6.34. The molecule has 0 spiro atoms. The monoisotopic (exact) mass is 399 g/mol. The molecule has 28 heavy (non-hydrogen) atoms. The molecule has 0 aromatic heterocycles.